The van der Waals surface area contributed by atoms with Crippen LogP contribution in [0.15, 0.2) is 0 Å². The van der Waals surface area contributed by atoms with E-state index in [0.717, 1.165) is 7.96 Å². The van der Waals surface area contributed by atoms with Gasteiger partial charge in [-0.15, -0.1) is 455 Å². The van der Waals surface area contributed by atoms with Gasteiger partial charge in [-0.1, -0.05) is 0 Å². The molecular formula is H103P101V. The van der Waals surface area contributed by atoms with Crippen LogP contribution in [0.3, 0.4) is 0 Å². The summed E-state index contributed by atoms with van der Waals surface area (Å²) in [5.41, 5.74) is 0. The van der Waals surface area contributed by atoms with Gasteiger partial charge in [0, 0.05) is 18.6 Å². The van der Waals surface area contributed by atoms with Crippen molar-refractivity contribution in [2.24, 2.45) is 0 Å². The molecule has 0 nitrogen and oxygen atoms in total. The quantitative estimate of drug-likeness (QED) is 0.0533. The first-order chi connectivity index (χ1) is 45.9. The van der Waals surface area contributed by atoms with Crippen molar-refractivity contribution in [1.29, 1.82) is 0 Å². The van der Waals surface area contributed by atoms with Crippen molar-refractivity contribution in [1.82, 2.24) is 0 Å². The van der Waals surface area contributed by atoms with Gasteiger partial charge in [-0.25, -0.2) is 0 Å². The third-order valence-corrected chi connectivity index (χ3v) is 725. The normalized spacial score (nSPS) is 15.8. The summed E-state index contributed by atoms with van der Waals surface area (Å²) in [6.07, 6.45) is 0. The fourth-order valence-corrected chi connectivity index (χ4v) is 1480. The van der Waals surface area contributed by atoms with Gasteiger partial charge >= 0.3 is 0 Å². The van der Waals surface area contributed by atoms with Crippen molar-refractivity contribution >= 4 is 806 Å². The van der Waals surface area contributed by atoms with Crippen molar-refractivity contribution in [3.8, 4) is 0 Å². The predicted molar refractivity (Wildman–Crippen MR) is 843 cm³/mol. The summed E-state index contributed by atoms with van der Waals surface area (Å²) in [6, 6.07) is 0. The van der Waals surface area contributed by atoms with Crippen LogP contribution >= 0.6 is 806 Å². The molecule has 56 atom stereocenters. The van der Waals surface area contributed by atoms with E-state index in [9.17, 15) is 0 Å². The van der Waals surface area contributed by atoms with E-state index in [1.165, 1.54) is 0 Å². The third-order valence-electron chi connectivity index (χ3n) is 8.95. The number of rotatable bonds is 49. The molecule has 102 heavy (non-hydrogen) atoms. The van der Waals surface area contributed by atoms with E-state index >= 15 is 0 Å². The molecule has 0 bridgehead atoms. The Kier molecular flexibility index (Phi) is 118. The summed E-state index contributed by atoms with van der Waals surface area (Å²) in [4.78, 5) is 0. The second-order valence-electron chi connectivity index (χ2n) is 16.1. The Morgan fingerprint density at radius 2 is 0.186 bits per heavy atom. The smallest absolute Gasteiger partial charge is 0 e. The Labute approximate surface area is 810 Å². The molecule has 0 heterocycles. The molecule has 1 radical (unpaired) electrons. The van der Waals surface area contributed by atoms with E-state index in [1.807, 2.05) is 0 Å². The van der Waals surface area contributed by atoms with Crippen LogP contribution < -0.4 is 0 Å². The van der Waals surface area contributed by atoms with Crippen molar-refractivity contribution in [2.75, 3.05) is 0 Å². The maximum atomic E-state index is 3.94. The summed E-state index contributed by atoms with van der Waals surface area (Å²) >= 11 is 0. The molecule has 0 spiro atoms. The van der Waals surface area contributed by atoms with Crippen molar-refractivity contribution in [3.63, 3.8) is 0 Å². The molecule has 0 aromatic rings. The average Bonchev–Trinajstić information content (AvgIpc) is 3.40. The standard InChI is InChI=1S/H103P101.V/c1-53(2)78(51)93(81(54(3)4)55(5)6)95(84(60(15)16)61(17)18)79(94(82(56(7)8)57(9)10)83(58(11)12)59(13)14)52-80(96(98(85(62(19)20)63(21)22)86(64(23)24)65(25)26)99(87(66(27)28)67(29)30)88(68(31)32)69(33)34)97(100(89(70(35)36)71(37)38)90(72(39)40)73(41)42)101(91(74(43)44)75(45)46)92(76(47)48)77(49)50;/h52H,1-51H2;. The summed E-state index contributed by atoms with van der Waals surface area (Å²) in [6.45, 7) is -19.9. The Balaban J connectivity index is 0. The van der Waals surface area contributed by atoms with E-state index in [0.29, 0.717) is 0 Å². The molecule has 0 fully saturated rings. The molecule has 0 rings (SSSR count). The van der Waals surface area contributed by atoms with Crippen molar-refractivity contribution in [3.05, 3.63) is 0 Å². The van der Waals surface area contributed by atoms with Gasteiger partial charge in [-0.2, -0.15) is 0 Å². The molecule has 0 aliphatic heterocycles. The van der Waals surface area contributed by atoms with E-state index in [1.54, 1.807) is 0 Å². The molecule has 0 amide bonds. The molecule has 56 unspecified atom stereocenters. The Morgan fingerprint density at radius 3 is 0.294 bits per heavy atom. The van der Waals surface area contributed by atoms with Crippen LogP contribution in [0.25, 0.3) is 0 Å². The van der Waals surface area contributed by atoms with Gasteiger partial charge in [-0.05, 0) is 350 Å². The van der Waals surface area contributed by atoms with Crippen LogP contribution in [-0.4, -0.2) is 0 Å². The largest absolute Gasteiger partial charge is 0.102 e. The fourth-order valence-electron chi connectivity index (χ4n) is 6.11. The summed E-state index contributed by atoms with van der Waals surface area (Å²) in [7, 11) is 193. The molecule has 0 saturated carbocycles. The Bertz CT molecular complexity index is 1720. The maximum Gasteiger partial charge on any atom is 0 e. The first-order valence-corrected chi connectivity index (χ1v) is 207. The summed E-state index contributed by atoms with van der Waals surface area (Å²) in [5.74, 6) is 0. The maximum absolute atomic E-state index is 3.94. The van der Waals surface area contributed by atoms with E-state index < -0.39 is 224 Å². The topological polar surface area (TPSA) is 0 Å². The summed E-state index contributed by atoms with van der Waals surface area (Å²) in [5, 5.41) is 0. The molecule has 0 N–H and O–H groups in total. The molecule has 0 aliphatic rings. The van der Waals surface area contributed by atoms with Gasteiger partial charge in [0.25, 0.3) is 0 Å². The zero-order valence-electron chi connectivity index (χ0n) is 52.3. The van der Waals surface area contributed by atoms with E-state index in [-0.39, 0.29) is 137 Å². The summed E-state index contributed by atoms with van der Waals surface area (Å²) < 4.78 is 0. The SMILES string of the molecule is PP(P)P(P)P(P(P(P)P)P(P)P)P(P(PP(P(P(P(P(P)P)P(P)P)P(P(P)P)P(P)P)P(P(P(P)P)P(P)P)P(P(P)P)P(P)P)P(P(P(P(P)P)P(P)P)P(P(P)P)P(P)P)P(P(P(P)P)P(P)P)P(P(P)P)P(P)P)P(P(P(P)P)P(P)P)P(P(P)P)P(P)P)P(P(P)P)P(P)P.[V]. The Morgan fingerprint density at radius 1 is 0.0980 bits per heavy atom. The van der Waals surface area contributed by atoms with Gasteiger partial charge in [0.15, 0.2) is 0 Å². The average molecular weight is 3280 g/mol. The minimum absolute atomic E-state index is 0. The van der Waals surface area contributed by atoms with E-state index in [2.05, 4.69) is 455 Å². The van der Waals surface area contributed by atoms with E-state index in [4.69, 9.17) is 0 Å². The second kappa shape index (κ2) is 81.6. The fraction of sp³-hybridized carbons (Fsp3) is 0. The van der Waals surface area contributed by atoms with Crippen LogP contribution in [0.4, 0.5) is 0 Å². The van der Waals surface area contributed by atoms with Crippen LogP contribution in [0, 0.1) is 0 Å². The van der Waals surface area contributed by atoms with Gasteiger partial charge in [0.1, 0.15) is 0 Å². The first kappa shape index (κ1) is 148. The van der Waals surface area contributed by atoms with Gasteiger partial charge < -0.3 is 0 Å². The van der Waals surface area contributed by atoms with Crippen LogP contribution in [0.5, 0.6) is 0 Å². The molecule has 0 aromatic carbocycles. The molecule has 102 heteroatoms. The molecule has 0 aromatic heterocycles. The monoisotopic (exact) mass is 3280 g/mol. The zero-order chi connectivity index (χ0) is 80.0. The predicted octanol–water partition coefficient (Wildman–Crippen LogP) is 59.4. The minimum Gasteiger partial charge on any atom is -0.102 e. The molecular weight excluding hydrogens is 3180 g/mol. The van der Waals surface area contributed by atoms with Crippen LogP contribution in [0.2, 0.25) is 0 Å². The number of hydrogen-bond acceptors (Lipinski definition) is 0. The zero-order valence-corrected chi connectivity index (χ0v) is 157. The molecule has 613 valence electrons. The second-order valence-corrected chi connectivity index (χ2v) is 436. The Hall–Kier alpha value is 44.0. The van der Waals surface area contributed by atoms with Crippen molar-refractivity contribution in [2.45, 2.75) is 0 Å². The minimum atomic E-state index is -0.576. The van der Waals surface area contributed by atoms with Crippen molar-refractivity contribution < 1.29 is 18.6 Å². The van der Waals surface area contributed by atoms with Gasteiger partial charge in [0.05, 0.1) is 0 Å². The van der Waals surface area contributed by atoms with Crippen LogP contribution in [0.1, 0.15) is 0 Å². The van der Waals surface area contributed by atoms with Gasteiger partial charge in [-0.3, -0.25) is 0 Å². The number of hydrogen-bond donors (Lipinski definition) is 0. The molecule has 0 saturated heterocycles. The first-order valence-electron chi connectivity index (χ1n) is 23.0. The third kappa shape index (κ3) is 52.9. The van der Waals surface area contributed by atoms with Crippen LogP contribution in [-0.2, 0) is 18.6 Å². The molecule has 0 aliphatic carbocycles. The van der Waals surface area contributed by atoms with Gasteiger partial charge in [0.2, 0.25) is 0 Å².